The summed E-state index contributed by atoms with van der Waals surface area (Å²) in [5, 5.41) is 0. The van der Waals surface area contributed by atoms with E-state index in [-0.39, 0.29) is 0 Å². The van der Waals surface area contributed by atoms with E-state index >= 15 is 0 Å². The molecule has 2 aromatic carbocycles. The van der Waals surface area contributed by atoms with Crippen molar-refractivity contribution in [2.45, 2.75) is 25.4 Å². The standard InChI is InChI=1S/C19H20O2/c20-12-15-6-8-18(9-7-15)19-10-17(11-19)14-21-13-16-4-2-1-3-5-16/h1-9,12,17,19H,10-11,13-14H2. The molecule has 0 spiro atoms. The Bertz CT molecular complexity index is 568. The summed E-state index contributed by atoms with van der Waals surface area (Å²) < 4.78 is 5.80. The van der Waals surface area contributed by atoms with Crippen LogP contribution in [0.4, 0.5) is 0 Å². The summed E-state index contributed by atoms with van der Waals surface area (Å²) in [5.74, 6) is 1.31. The molecule has 2 nitrogen and oxygen atoms in total. The molecule has 3 rings (SSSR count). The maximum absolute atomic E-state index is 10.6. The number of hydrogen-bond acceptors (Lipinski definition) is 2. The van der Waals surface area contributed by atoms with Gasteiger partial charge in [0.1, 0.15) is 6.29 Å². The van der Waals surface area contributed by atoms with Gasteiger partial charge in [-0.15, -0.1) is 0 Å². The van der Waals surface area contributed by atoms with E-state index in [1.165, 1.54) is 24.0 Å². The van der Waals surface area contributed by atoms with E-state index < -0.39 is 0 Å². The van der Waals surface area contributed by atoms with Crippen LogP contribution in [0.25, 0.3) is 0 Å². The molecule has 1 fully saturated rings. The van der Waals surface area contributed by atoms with E-state index in [4.69, 9.17) is 4.74 Å². The van der Waals surface area contributed by atoms with E-state index in [0.717, 1.165) is 18.5 Å². The van der Waals surface area contributed by atoms with Crippen molar-refractivity contribution in [2.75, 3.05) is 6.61 Å². The predicted octanol–water partition coefficient (Wildman–Crippen LogP) is 4.21. The first-order valence-electron chi connectivity index (χ1n) is 7.52. The van der Waals surface area contributed by atoms with Crippen LogP contribution in [-0.4, -0.2) is 12.9 Å². The lowest BCUT2D eigenvalue weighted by atomic mass is 9.72. The maximum atomic E-state index is 10.6. The fourth-order valence-electron chi connectivity index (χ4n) is 2.91. The van der Waals surface area contributed by atoms with Crippen molar-refractivity contribution in [2.24, 2.45) is 5.92 Å². The predicted molar refractivity (Wildman–Crippen MR) is 83.4 cm³/mol. The van der Waals surface area contributed by atoms with Gasteiger partial charge in [-0.3, -0.25) is 4.79 Å². The first kappa shape index (κ1) is 14.0. The van der Waals surface area contributed by atoms with E-state index in [9.17, 15) is 4.79 Å². The van der Waals surface area contributed by atoms with Gasteiger partial charge < -0.3 is 4.74 Å². The third kappa shape index (κ3) is 3.59. The summed E-state index contributed by atoms with van der Waals surface area (Å²) in [7, 11) is 0. The van der Waals surface area contributed by atoms with Crippen LogP contribution in [0.15, 0.2) is 54.6 Å². The molecule has 0 bridgehead atoms. The van der Waals surface area contributed by atoms with Gasteiger partial charge in [0.15, 0.2) is 0 Å². The summed E-state index contributed by atoms with van der Waals surface area (Å²) in [5.41, 5.74) is 3.33. The van der Waals surface area contributed by atoms with Crippen LogP contribution >= 0.6 is 0 Å². The molecule has 0 aromatic heterocycles. The summed E-state index contributed by atoms with van der Waals surface area (Å²) in [6.07, 6.45) is 3.27. The maximum Gasteiger partial charge on any atom is 0.150 e. The number of rotatable bonds is 6. The molecular formula is C19H20O2. The molecule has 0 aliphatic heterocycles. The van der Waals surface area contributed by atoms with Crippen molar-refractivity contribution < 1.29 is 9.53 Å². The molecule has 2 heteroatoms. The van der Waals surface area contributed by atoms with Crippen LogP contribution in [0.5, 0.6) is 0 Å². The highest BCUT2D eigenvalue weighted by Gasteiger charge is 2.30. The lowest BCUT2D eigenvalue weighted by Gasteiger charge is -2.35. The summed E-state index contributed by atoms with van der Waals surface area (Å²) >= 11 is 0. The second kappa shape index (κ2) is 6.68. The topological polar surface area (TPSA) is 26.3 Å². The zero-order valence-electron chi connectivity index (χ0n) is 12.1. The van der Waals surface area contributed by atoms with Gasteiger partial charge >= 0.3 is 0 Å². The zero-order chi connectivity index (χ0) is 14.5. The molecule has 0 unspecified atom stereocenters. The Hall–Kier alpha value is -1.93. The SMILES string of the molecule is O=Cc1ccc(C2CC(COCc3ccccc3)C2)cc1. The largest absolute Gasteiger partial charge is 0.376 e. The van der Waals surface area contributed by atoms with Crippen molar-refractivity contribution in [1.29, 1.82) is 0 Å². The third-order valence-electron chi connectivity index (χ3n) is 4.24. The van der Waals surface area contributed by atoms with Gasteiger partial charge in [-0.25, -0.2) is 0 Å². The van der Waals surface area contributed by atoms with Crippen molar-refractivity contribution >= 4 is 6.29 Å². The van der Waals surface area contributed by atoms with Gasteiger partial charge in [0.05, 0.1) is 6.61 Å². The highest BCUT2D eigenvalue weighted by atomic mass is 16.5. The average Bonchev–Trinajstić information content (AvgIpc) is 2.51. The van der Waals surface area contributed by atoms with Gasteiger partial charge in [-0.1, -0.05) is 54.6 Å². The number of carbonyl (C=O) groups excluding carboxylic acids is 1. The fourth-order valence-corrected chi connectivity index (χ4v) is 2.91. The summed E-state index contributed by atoms with van der Waals surface area (Å²) in [6.45, 7) is 1.55. The van der Waals surface area contributed by atoms with E-state index in [1.807, 2.05) is 30.3 Å². The zero-order valence-corrected chi connectivity index (χ0v) is 12.1. The minimum Gasteiger partial charge on any atom is -0.376 e. The smallest absolute Gasteiger partial charge is 0.150 e. The molecule has 0 N–H and O–H groups in total. The molecule has 0 heterocycles. The van der Waals surface area contributed by atoms with Crippen LogP contribution < -0.4 is 0 Å². The van der Waals surface area contributed by atoms with E-state index in [2.05, 4.69) is 24.3 Å². The van der Waals surface area contributed by atoms with Crippen molar-refractivity contribution in [3.8, 4) is 0 Å². The molecule has 108 valence electrons. The molecule has 0 atom stereocenters. The van der Waals surface area contributed by atoms with Crippen LogP contribution in [-0.2, 0) is 11.3 Å². The van der Waals surface area contributed by atoms with Gasteiger partial charge in [0.2, 0.25) is 0 Å². The normalized spacial score (nSPS) is 20.8. The van der Waals surface area contributed by atoms with E-state index in [0.29, 0.717) is 18.4 Å². The minimum atomic E-state index is 0.635. The quantitative estimate of drug-likeness (QED) is 0.741. The lowest BCUT2D eigenvalue weighted by molar-refractivity contribution is 0.0508. The van der Waals surface area contributed by atoms with Crippen LogP contribution in [0, 0.1) is 5.92 Å². The molecule has 0 amide bonds. The van der Waals surface area contributed by atoms with Crippen molar-refractivity contribution in [1.82, 2.24) is 0 Å². The first-order valence-corrected chi connectivity index (χ1v) is 7.52. The first-order chi connectivity index (χ1) is 10.3. The van der Waals surface area contributed by atoms with E-state index in [1.54, 1.807) is 0 Å². The van der Waals surface area contributed by atoms with Gasteiger partial charge in [0, 0.05) is 12.2 Å². The molecule has 1 saturated carbocycles. The lowest BCUT2D eigenvalue weighted by Crippen LogP contribution is -2.26. The molecular weight excluding hydrogens is 260 g/mol. The molecule has 1 aliphatic rings. The van der Waals surface area contributed by atoms with Crippen molar-refractivity contribution in [3.05, 3.63) is 71.3 Å². The number of ether oxygens (including phenoxy) is 1. The molecule has 21 heavy (non-hydrogen) atoms. The number of benzene rings is 2. The molecule has 2 aromatic rings. The Morgan fingerprint density at radius 1 is 1.00 bits per heavy atom. The van der Waals surface area contributed by atoms with Gasteiger partial charge in [-0.2, -0.15) is 0 Å². The summed E-state index contributed by atoms with van der Waals surface area (Å²) in [6, 6.07) is 18.3. The second-order valence-corrected chi connectivity index (χ2v) is 5.82. The fraction of sp³-hybridized carbons (Fsp3) is 0.316. The van der Waals surface area contributed by atoms with Crippen LogP contribution in [0.2, 0.25) is 0 Å². The highest BCUT2D eigenvalue weighted by molar-refractivity contribution is 5.74. The molecule has 1 aliphatic carbocycles. The Morgan fingerprint density at radius 2 is 1.71 bits per heavy atom. The monoisotopic (exact) mass is 280 g/mol. The summed E-state index contributed by atoms with van der Waals surface area (Å²) in [4.78, 5) is 10.6. The third-order valence-corrected chi connectivity index (χ3v) is 4.24. The Balaban J connectivity index is 1.40. The highest BCUT2D eigenvalue weighted by Crippen LogP contribution is 2.41. The van der Waals surface area contributed by atoms with Crippen LogP contribution in [0.3, 0.4) is 0 Å². The Kier molecular flexibility index (Phi) is 4.46. The Labute approximate surface area is 125 Å². The second-order valence-electron chi connectivity index (χ2n) is 5.82. The van der Waals surface area contributed by atoms with Crippen LogP contribution in [0.1, 0.15) is 40.2 Å². The Morgan fingerprint density at radius 3 is 2.38 bits per heavy atom. The van der Waals surface area contributed by atoms with Crippen molar-refractivity contribution in [3.63, 3.8) is 0 Å². The average molecular weight is 280 g/mol. The molecule has 0 radical (unpaired) electrons. The number of aldehydes is 1. The minimum absolute atomic E-state index is 0.635. The number of hydrogen-bond donors (Lipinski definition) is 0. The molecule has 0 saturated heterocycles. The van der Waals surface area contributed by atoms with Gasteiger partial charge in [0.25, 0.3) is 0 Å². The van der Waals surface area contributed by atoms with Gasteiger partial charge in [-0.05, 0) is 35.8 Å². The number of carbonyl (C=O) groups is 1.